The third-order valence-corrected chi connectivity index (χ3v) is 17.2. The van der Waals surface area contributed by atoms with Crippen LogP contribution in [0.2, 0.25) is 0 Å². The number of rotatable bonds is 7. The summed E-state index contributed by atoms with van der Waals surface area (Å²) < 4.78 is 23.4. The Labute approximate surface area is 363 Å². The summed E-state index contributed by atoms with van der Waals surface area (Å²) in [5, 5.41) is 83.0. The van der Waals surface area contributed by atoms with E-state index in [1.165, 1.54) is 0 Å². The quantitative estimate of drug-likeness (QED) is 0.135. The molecular weight excluding hydrogens is 785 g/mol. The summed E-state index contributed by atoms with van der Waals surface area (Å²) in [6, 6.07) is 0. The van der Waals surface area contributed by atoms with Gasteiger partial charge >= 0.3 is 41.0 Å². The number of aliphatic carboxylic acids is 3. The van der Waals surface area contributed by atoms with Crippen LogP contribution >= 0.6 is 0 Å². The molecule has 16 nitrogen and oxygen atoms in total. The molecule has 2 saturated heterocycles. The van der Waals surface area contributed by atoms with Crippen molar-refractivity contribution in [3.05, 3.63) is 11.6 Å². The summed E-state index contributed by atoms with van der Waals surface area (Å²) >= 11 is 0. The van der Waals surface area contributed by atoms with E-state index in [0.29, 0.717) is 25.7 Å². The number of carboxylic acids is 3. The number of ether oxygens (including phenoxy) is 4. The topological polar surface area (TPSA) is 267 Å². The zero-order valence-electron chi connectivity index (χ0n) is 37.1. The maximum atomic E-state index is 14.8. The van der Waals surface area contributed by atoms with Crippen molar-refractivity contribution in [3.63, 3.8) is 0 Å². The fourth-order valence-corrected chi connectivity index (χ4v) is 13.4. The minimum atomic E-state index is -2.05. The van der Waals surface area contributed by atoms with Gasteiger partial charge in [-0.3, -0.25) is 9.59 Å². The third kappa shape index (κ3) is 6.95. The van der Waals surface area contributed by atoms with Crippen molar-refractivity contribution in [2.75, 3.05) is 0 Å². The van der Waals surface area contributed by atoms with E-state index in [4.69, 9.17) is 18.9 Å². The van der Waals surface area contributed by atoms with E-state index >= 15 is 0 Å². The third-order valence-electron chi connectivity index (χ3n) is 17.2. The molecule has 0 unspecified atom stereocenters. The maximum absolute atomic E-state index is 14.8. The zero-order chi connectivity index (χ0) is 42.9. The van der Waals surface area contributed by atoms with Gasteiger partial charge in [0, 0.05) is 5.92 Å². The Bertz CT molecular complexity index is 1750. The summed E-state index contributed by atoms with van der Waals surface area (Å²) in [6.07, 6.45) is -12.2. The Balaban J connectivity index is 0.00000273. The number of allylic oxidation sites excluding steroid dienone is 2. The summed E-state index contributed by atoms with van der Waals surface area (Å²) in [5.74, 6) is -4.47. The Kier molecular flexibility index (Phi) is 12.3. The molecule has 0 bridgehead atoms. The van der Waals surface area contributed by atoms with Crippen LogP contribution in [0.4, 0.5) is 0 Å². The maximum Gasteiger partial charge on any atom is 2.00 e. The van der Waals surface area contributed by atoms with Gasteiger partial charge in [-0.15, -0.1) is 0 Å². The van der Waals surface area contributed by atoms with Crippen LogP contribution in [0.5, 0.6) is 0 Å². The smallest absolute Gasteiger partial charge is 1.00 e. The van der Waals surface area contributed by atoms with Crippen molar-refractivity contribution in [3.8, 4) is 0 Å². The summed E-state index contributed by atoms with van der Waals surface area (Å²) in [5.41, 5.74) is -1.81. The Morgan fingerprint density at radius 2 is 1.29 bits per heavy atom. The number of carboxylic acid groups (broad SMARTS) is 3. The second-order valence-corrected chi connectivity index (χ2v) is 20.6. The van der Waals surface area contributed by atoms with Crippen molar-refractivity contribution >= 4 is 46.7 Å². The van der Waals surface area contributed by atoms with Crippen LogP contribution < -0.4 is 0 Å². The van der Waals surface area contributed by atoms with Crippen molar-refractivity contribution in [1.29, 1.82) is 0 Å². The normalized spacial score (nSPS) is 51.7. The Hall–Kier alpha value is -1.77. The van der Waals surface area contributed by atoms with E-state index in [1.807, 2.05) is 26.8 Å². The average Bonchev–Trinajstić information content (AvgIpc) is 3.13. The van der Waals surface area contributed by atoms with E-state index in [-0.39, 0.29) is 60.3 Å². The monoisotopic (exact) mass is 848 g/mol. The van der Waals surface area contributed by atoms with Crippen LogP contribution in [0.1, 0.15) is 109 Å². The van der Waals surface area contributed by atoms with Crippen LogP contribution in [-0.2, 0) is 38.1 Å². The minimum absolute atomic E-state index is 0. The van der Waals surface area contributed by atoms with Crippen molar-refractivity contribution in [2.24, 2.45) is 50.2 Å². The molecule has 2 aliphatic heterocycles. The fraction of sp³-hybridized carbons (Fsp3) is 0.857. The zero-order valence-corrected chi connectivity index (χ0v) is 36.5. The Morgan fingerprint density at radius 1 is 0.712 bits per heavy atom. The Morgan fingerprint density at radius 3 is 1.88 bits per heavy atom. The first-order valence-electron chi connectivity index (χ1n) is 20.7. The van der Waals surface area contributed by atoms with Gasteiger partial charge in [-0.25, -0.2) is 9.59 Å². The van der Waals surface area contributed by atoms with Gasteiger partial charge in [-0.05, 0) is 110 Å². The van der Waals surface area contributed by atoms with E-state index in [9.17, 15) is 60.0 Å². The van der Waals surface area contributed by atoms with E-state index in [2.05, 4.69) is 27.7 Å². The molecule has 5 aliphatic carbocycles. The SMILES string of the molecule is CC1(C)[C@@H](O[C@H]2O[C@H](C(=O)O)[C@@H](O)[C@H](O)[C@H]2O[C@@H]2O[C@H](C(=O)O)[C@@H](O)[C@H](O)[C@H]2O)CC[C@]2(C)[C@H]3C(=O)C=C4[C@@H]5C[C@@](C)(C(=O)O)CC[C@]5(C)CC[C@@]4(C)[C@]3(C)CC[C@@H]12.[H-].[H-].[Mg+2]. The van der Waals surface area contributed by atoms with Crippen LogP contribution in [0.3, 0.4) is 0 Å². The molecule has 59 heavy (non-hydrogen) atoms. The standard InChI is InChI=1S/C42H62O16.Mg.2H/c1-37(2)21-8-11-42(7)31(20(43)16-18-19-17-39(4,36(53)54)13-12-38(19,3)14-15-41(18,42)6)40(21,5)10-9-22(37)55-35-30(26(47)25(46)29(57-35)33(51)52)58-34-27(48)23(44)24(45)28(56-34)32(49)50;;;/h16,19,21-31,34-35,44-48H,8-15,17H2,1-7H3,(H,49,50)(H,51,52)(H,53,54);;;/q;+2;2*-1/t19-,21-,22-,23-,24-,25-,26-,27+,28-,29-,30+,31+,34-,35-,38+,39-,40-,41+,42+;;;/m0.../s1. The van der Waals surface area contributed by atoms with E-state index < -0.39 is 107 Å². The molecule has 0 aromatic carbocycles. The fourth-order valence-electron chi connectivity index (χ4n) is 13.4. The number of hydrogen-bond acceptors (Lipinski definition) is 13. The van der Waals surface area contributed by atoms with Crippen LogP contribution in [0.15, 0.2) is 11.6 Å². The van der Waals surface area contributed by atoms with Gasteiger partial charge in [0.2, 0.25) is 0 Å². The molecule has 0 spiro atoms. The number of aliphatic hydroxyl groups excluding tert-OH is 5. The number of carbonyl (C=O) groups excluding carboxylic acids is 1. The predicted octanol–water partition coefficient (Wildman–Crippen LogP) is 2.09. The van der Waals surface area contributed by atoms with E-state index in [1.54, 1.807) is 0 Å². The number of ketones is 1. The molecule has 6 fully saturated rings. The van der Waals surface area contributed by atoms with Gasteiger partial charge in [0.05, 0.1) is 11.5 Å². The second-order valence-electron chi connectivity index (χ2n) is 20.6. The first kappa shape index (κ1) is 46.7. The average molecular weight is 849 g/mol. The van der Waals surface area contributed by atoms with Gasteiger partial charge in [0.25, 0.3) is 0 Å². The van der Waals surface area contributed by atoms with Gasteiger partial charge in [-0.2, -0.15) is 0 Å². The van der Waals surface area contributed by atoms with Gasteiger partial charge < -0.3 is 62.7 Å². The number of hydrogen-bond donors (Lipinski definition) is 8. The van der Waals surface area contributed by atoms with Crippen LogP contribution in [0, 0.1) is 50.2 Å². The van der Waals surface area contributed by atoms with Crippen molar-refractivity contribution in [2.45, 2.75) is 174 Å². The molecule has 7 aliphatic rings. The summed E-state index contributed by atoms with van der Waals surface area (Å²) in [6.45, 7) is 14.8. The molecule has 7 rings (SSSR count). The first-order valence-corrected chi connectivity index (χ1v) is 20.7. The van der Waals surface area contributed by atoms with Gasteiger partial charge in [0.15, 0.2) is 30.6 Å². The van der Waals surface area contributed by atoms with Crippen molar-refractivity contribution < 1.29 is 81.8 Å². The number of aliphatic hydroxyl groups is 5. The molecule has 0 aromatic rings. The van der Waals surface area contributed by atoms with Crippen LogP contribution in [0.25, 0.3) is 0 Å². The number of carbonyl (C=O) groups is 4. The van der Waals surface area contributed by atoms with Gasteiger partial charge in [-0.1, -0.05) is 47.1 Å². The molecule has 17 heteroatoms. The molecule has 330 valence electrons. The van der Waals surface area contributed by atoms with E-state index in [0.717, 1.165) is 37.7 Å². The summed E-state index contributed by atoms with van der Waals surface area (Å²) in [4.78, 5) is 51.3. The molecule has 0 aromatic heterocycles. The molecule has 0 radical (unpaired) electrons. The van der Waals surface area contributed by atoms with Crippen molar-refractivity contribution in [1.82, 2.24) is 0 Å². The van der Waals surface area contributed by atoms with Crippen LogP contribution in [-0.4, -0.2) is 155 Å². The predicted molar refractivity (Wildman–Crippen MR) is 207 cm³/mol. The second kappa shape index (κ2) is 15.5. The molecule has 0 amide bonds. The molecule has 4 saturated carbocycles. The summed E-state index contributed by atoms with van der Waals surface area (Å²) in [7, 11) is 0. The number of fused-ring (bicyclic) bond motifs is 7. The minimum Gasteiger partial charge on any atom is -1.00 e. The van der Waals surface area contributed by atoms with Gasteiger partial charge in [0.1, 0.15) is 36.6 Å². The molecular formula is C42H64MgO16. The first-order chi connectivity index (χ1) is 26.8. The molecule has 19 atom stereocenters. The largest absolute Gasteiger partial charge is 2.00 e. The molecule has 8 N–H and O–H groups in total. The molecule has 2 heterocycles.